The minimum absolute atomic E-state index is 0.0263. The number of rotatable bonds is 5. The van der Waals surface area contributed by atoms with Gasteiger partial charge in [0.1, 0.15) is 5.78 Å². The summed E-state index contributed by atoms with van der Waals surface area (Å²) < 4.78 is 0. The lowest BCUT2D eigenvalue weighted by Crippen LogP contribution is -2.32. The summed E-state index contributed by atoms with van der Waals surface area (Å²) in [6, 6.07) is 0. The van der Waals surface area contributed by atoms with Crippen LogP contribution < -0.4 is 16.8 Å². The molecule has 0 spiro atoms. The Kier molecular flexibility index (Phi) is 5.32. The summed E-state index contributed by atoms with van der Waals surface area (Å²) in [6.07, 6.45) is 0.280. The number of ketones is 1. The Morgan fingerprint density at radius 3 is 2.27 bits per heavy atom. The Morgan fingerprint density at radius 1 is 1.18 bits per heavy atom. The van der Waals surface area contributed by atoms with E-state index < -0.39 is 0 Å². The number of amides is 1. The number of Topliss-reactive ketones (excluding diaryl/α,β-unsaturated/α-hetero) is 1. The first-order chi connectivity index (χ1) is 5.20. The number of carbonyl (C=O) groups is 2. The van der Waals surface area contributed by atoms with E-state index >= 15 is 0 Å². The summed E-state index contributed by atoms with van der Waals surface area (Å²) in [6.45, 7) is 0.307. The van der Waals surface area contributed by atoms with Crippen LogP contribution in [0.1, 0.15) is 6.42 Å². The Labute approximate surface area is 65.1 Å². The molecular weight excluding hydrogens is 146 g/mol. The Balaban J connectivity index is 3.27. The second-order valence-corrected chi connectivity index (χ2v) is 2.05. The quantitative estimate of drug-likeness (QED) is 0.431. The zero-order valence-corrected chi connectivity index (χ0v) is 6.30. The van der Waals surface area contributed by atoms with Crippen molar-refractivity contribution in [3.8, 4) is 0 Å². The fourth-order valence-electron chi connectivity index (χ4n) is 0.516. The van der Waals surface area contributed by atoms with Crippen molar-refractivity contribution in [2.24, 2.45) is 11.5 Å². The molecule has 0 radical (unpaired) electrons. The van der Waals surface area contributed by atoms with E-state index in [1.54, 1.807) is 0 Å². The zero-order valence-electron chi connectivity index (χ0n) is 6.30. The lowest BCUT2D eigenvalue weighted by molar-refractivity contribution is -0.120. The molecule has 0 unspecified atom stereocenters. The summed E-state index contributed by atoms with van der Waals surface area (Å²) in [5, 5.41) is 2.46. The molecule has 0 fully saturated rings. The largest absolute Gasteiger partial charge is 0.355 e. The molecule has 0 aromatic carbocycles. The molecule has 0 atom stereocenters. The van der Waals surface area contributed by atoms with Gasteiger partial charge in [0, 0.05) is 13.0 Å². The molecule has 0 saturated carbocycles. The summed E-state index contributed by atoms with van der Waals surface area (Å²) in [7, 11) is 0. The summed E-state index contributed by atoms with van der Waals surface area (Å²) >= 11 is 0. The van der Waals surface area contributed by atoms with Crippen LogP contribution in [0.2, 0.25) is 0 Å². The minimum atomic E-state index is -0.255. The lowest BCUT2D eigenvalue weighted by Gasteiger charge is -2.00. The van der Waals surface area contributed by atoms with Crippen molar-refractivity contribution < 1.29 is 9.59 Å². The third-order valence-electron chi connectivity index (χ3n) is 1.14. The van der Waals surface area contributed by atoms with Crippen molar-refractivity contribution in [3.05, 3.63) is 0 Å². The normalized spacial score (nSPS) is 9.27. The van der Waals surface area contributed by atoms with Gasteiger partial charge in [-0.05, 0) is 0 Å². The van der Waals surface area contributed by atoms with Crippen LogP contribution in [-0.4, -0.2) is 31.3 Å². The van der Waals surface area contributed by atoms with E-state index in [0.717, 1.165) is 0 Å². The molecule has 64 valence electrons. The average molecular weight is 159 g/mol. The van der Waals surface area contributed by atoms with Gasteiger partial charge in [0.25, 0.3) is 0 Å². The van der Waals surface area contributed by atoms with Crippen LogP contribution in [-0.2, 0) is 9.59 Å². The van der Waals surface area contributed by atoms with Crippen LogP contribution in [0.3, 0.4) is 0 Å². The number of hydrogen-bond acceptors (Lipinski definition) is 4. The standard InChI is InChI=1S/C6H13N3O2/c7-3-5(10)1-2-9-6(11)4-8/h1-4,7-8H2,(H,9,11). The third-order valence-corrected chi connectivity index (χ3v) is 1.14. The topological polar surface area (TPSA) is 98.2 Å². The highest BCUT2D eigenvalue weighted by Gasteiger charge is 1.99. The van der Waals surface area contributed by atoms with Gasteiger partial charge < -0.3 is 16.8 Å². The first-order valence-corrected chi connectivity index (χ1v) is 3.39. The minimum Gasteiger partial charge on any atom is -0.355 e. The van der Waals surface area contributed by atoms with E-state index in [1.807, 2.05) is 0 Å². The predicted molar refractivity (Wildman–Crippen MR) is 40.7 cm³/mol. The Bertz CT molecular complexity index is 131. The number of carbonyl (C=O) groups excluding carboxylic acids is 2. The van der Waals surface area contributed by atoms with Crippen LogP contribution in [0.4, 0.5) is 0 Å². The SMILES string of the molecule is NCC(=O)CCNC(=O)CN. The van der Waals surface area contributed by atoms with Crippen molar-refractivity contribution in [2.45, 2.75) is 6.42 Å². The van der Waals surface area contributed by atoms with Crippen LogP contribution in [0.5, 0.6) is 0 Å². The van der Waals surface area contributed by atoms with Gasteiger partial charge in [-0.15, -0.1) is 0 Å². The van der Waals surface area contributed by atoms with Gasteiger partial charge >= 0.3 is 0 Å². The van der Waals surface area contributed by atoms with Crippen LogP contribution >= 0.6 is 0 Å². The molecule has 0 saturated heterocycles. The predicted octanol–water partition coefficient (Wildman–Crippen LogP) is -2.02. The molecule has 5 nitrogen and oxygen atoms in total. The van der Waals surface area contributed by atoms with Gasteiger partial charge in [-0.25, -0.2) is 0 Å². The molecule has 5 heteroatoms. The van der Waals surface area contributed by atoms with Gasteiger partial charge in [-0.2, -0.15) is 0 Å². The van der Waals surface area contributed by atoms with E-state index in [2.05, 4.69) is 5.32 Å². The average Bonchev–Trinajstić information content (AvgIpc) is 2.04. The highest BCUT2D eigenvalue weighted by molar-refractivity contribution is 5.82. The molecule has 11 heavy (non-hydrogen) atoms. The van der Waals surface area contributed by atoms with E-state index in [4.69, 9.17) is 11.5 Å². The lowest BCUT2D eigenvalue weighted by atomic mass is 10.3. The summed E-state index contributed by atoms with van der Waals surface area (Å²) in [5.74, 6) is -0.322. The maximum atomic E-state index is 10.6. The van der Waals surface area contributed by atoms with Gasteiger partial charge in [0.05, 0.1) is 13.1 Å². The molecule has 0 bridgehead atoms. The molecule has 0 heterocycles. The van der Waals surface area contributed by atoms with Gasteiger partial charge in [-0.1, -0.05) is 0 Å². The number of nitrogens with one attached hydrogen (secondary N) is 1. The van der Waals surface area contributed by atoms with Crippen molar-refractivity contribution in [1.29, 1.82) is 0 Å². The third kappa shape index (κ3) is 5.50. The maximum Gasteiger partial charge on any atom is 0.233 e. The van der Waals surface area contributed by atoms with Gasteiger partial charge in [0.15, 0.2) is 0 Å². The molecule has 5 N–H and O–H groups in total. The molecule has 0 aromatic heterocycles. The molecule has 1 amide bonds. The molecule has 0 aliphatic rings. The second kappa shape index (κ2) is 5.82. The number of hydrogen-bond donors (Lipinski definition) is 3. The van der Waals surface area contributed by atoms with E-state index in [-0.39, 0.29) is 31.2 Å². The van der Waals surface area contributed by atoms with Gasteiger partial charge in [0.2, 0.25) is 5.91 Å². The summed E-state index contributed by atoms with van der Waals surface area (Å²) in [5.41, 5.74) is 10.0. The highest BCUT2D eigenvalue weighted by Crippen LogP contribution is 1.76. The van der Waals surface area contributed by atoms with Crippen LogP contribution in [0.25, 0.3) is 0 Å². The van der Waals surface area contributed by atoms with Crippen molar-refractivity contribution >= 4 is 11.7 Å². The highest BCUT2D eigenvalue weighted by atomic mass is 16.2. The van der Waals surface area contributed by atoms with E-state index in [9.17, 15) is 9.59 Å². The molecule has 0 aliphatic carbocycles. The van der Waals surface area contributed by atoms with Crippen LogP contribution in [0, 0.1) is 0 Å². The monoisotopic (exact) mass is 159 g/mol. The van der Waals surface area contributed by atoms with Crippen molar-refractivity contribution in [2.75, 3.05) is 19.6 Å². The smallest absolute Gasteiger partial charge is 0.233 e. The molecule has 0 aromatic rings. The molecular formula is C6H13N3O2. The molecule has 0 rings (SSSR count). The first-order valence-electron chi connectivity index (χ1n) is 3.39. The fraction of sp³-hybridized carbons (Fsp3) is 0.667. The zero-order chi connectivity index (χ0) is 8.69. The fourth-order valence-corrected chi connectivity index (χ4v) is 0.516. The first kappa shape index (κ1) is 10.1. The maximum absolute atomic E-state index is 10.6. The Hall–Kier alpha value is -0.940. The van der Waals surface area contributed by atoms with Crippen molar-refractivity contribution in [3.63, 3.8) is 0 Å². The van der Waals surface area contributed by atoms with E-state index in [0.29, 0.717) is 6.54 Å². The Morgan fingerprint density at radius 2 is 1.82 bits per heavy atom. The summed E-state index contributed by atoms with van der Waals surface area (Å²) in [4.78, 5) is 21.1. The molecule has 0 aliphatic heterocycles. The van der Waals surface area contributed by atoms with Gasteiger partial charge in [-0.3, -0.25) is 9.59 Å². The van der Waals surface area contributed by atoms with Crippen LogP contribution in [0.15, 0.2) is 0 Å². The van der Waals surface area contributed by atoms with Crippen molar-refractivity contribution in [1.82, 2.24) is 5.32 Å². The van der Waals surface area contributed by atoms with E-state index in [1.165, 1.54) is 0 Å². The number of nitrogens with two attached hydrogens (primary N) is 2. The second-order valence-electron chi connectivity index (χ2n) is 2.05.